The van der Waals surface area contributed by atoms with Gasteiger partial charge in [-0.1, -0.05) is 19.8 Å². The van der Waals surface area contributed by atoms with Gasteiger partial charge in [-0.05, 0) is 18.8 Å². The maximum atomic E-state index is 11.6. The van der Waals surface area contributed by atoms with Crippen molar-refractivity contribution >= 4 is 18.3 Å². The van der Waals surface area contributed by atoms with Crippen LogP contribution in [0.15, 0.2) is 0 Å². The van der Waals surface area contributed by atoms with Gasteiger partial charge in [0.2, 0.25) is 5.91 Å². The fourth-order valence-corrected chi connectivity index (χ4v) is 2.22. The molecule has 2 unspecified atom stereocenters. The molecule has 0 aromatic rings. The van der Waals surface area contributed by atoms with Crippen LogP contribution < -0.4 is 10.6 Å². The number of carbonyl (C=O) groups is 1. The molecule has 0 aromatic heterocycles. The van der Waals surface area contributed by atoms with Crippen LogP contribution >= 0.6 is 12.4 Å². The van der Waals surface area contributed by atoms with Crippen LogP contribution in [-0.4, -0.2) is 38.8 Å². The van der Waals surface area contributed by atoms with Crippen LogP contribution in [0, 0.1) is 5.92 Å². The average Bonchev–Trinajstić information content (AvgIpc) is 2.24. The Morgan fingerprint density at radius 1 is 1.41 bits per heavy atom. The molecular formula is C12H25ClN2O2. The molecule has 1 fully saturated rings. The van der Waals surface area contributed by atoms with Crippen LogP contribution in [0.25, 0.3) is 0 Å². The van der Waals surface area contributed by atoms with E-state index >= 15 is 0 Å². The molecule has 0 saturated heterocycles. The van der Waals surface area contributed by atoms with Crippen molar-refractivity contribution in [3.05, 3.63) is 0 Å². The van der Waals surface area contributed by atoms with Crippen molar-refractivity contribution in [2.45, 2.75) is 38.6 Å². The summed E-state index contributed by atoms with van der Waals surface area (Å²) < 4.78 is 4.89. The van der Waals surface area contributed by atoms with Crippen LogP contribution in [0.1, 0.15) is 32.6 Å². The fraction of sp³-hybridized carbons (Fsp3) is 0.917. The second kappa shape index (κ2) is 9.68. The highest BCUT2D eigenvalue weighted by atomic mass is 35.5. The zero-order valence-electron chi connectivity index (χ0n) is 10.8. The first kappa shape index (κ1) is 16.7. The van der Waals surface area contributed by atoms with Crippen LogP contribution in [0.3, 0.4) is 0 Å². The summed E-state index contributed by atoms with van der Waals surface area (Å²) in [6.45, 7) is 4.03. The molecule has 0 radical (unpaired) electrons. The molecule has 0 aromatic carbocycles. The first-order valence-corrected chi connectivity index (χ1v) is 6.21. The summed E-state index contributed by atoms with van der Waals surface area (Å²) in [6, 6.07) is 0.389. The fourth-order valence-electron chi connectivity index (χ4n) is 2.22. The third kappa shape index (κ3) is 7.58. The van der Waals surface area contributed by atoms with Gasteiger partial charge in [-0.15, -0.1) is 12.4 Å². The van der Waals surface area contributed by atoms with E-state index in [2.05, 4.69) is 17.6 Å². The lowest BCUT2D eigenvalue weighted by molar-refractivity contribution is -0.121. The Balaban J connectivity index is 0.00000256. The summed E-state index contributed by atoms with van der Waals surface area (Å²) in [5, 5.41) is 6.13. The molecule has 0 bridgehead atoms. The topological polar surface area (TPSA) is 50.4 Å². The highest BCUT2D eigenvalue weighted by Gasteiger charge is 2.19. The average molecular weight is 265 g/mol. The predicted molar refractivity (Wildman–Crippen MR) is 71.6 cm³/mol. The SMILES string of the molecule is COCCNCC(=O)NC1CCCC(C)C1.Cl. The van der Waals surface area contributed by atoms with E-state index in [4.69, 9.17) is 4.74 Å². The minimum absolute atomic E-state index is 0. The number of methoxy groups -OCH3 is 1. The van der Waals surface area contributed by atoms with Crippen LogP contribution in [0.5, 0.6) is 0 Å². The van der Waals surface area contributed by atoms with E-state index in [9.17, 15) is 4.79 Å². The van der Waals surface area contributed by atoms with Gasteiger partial charge in [0.25, 0.3) is 0 Å². The first-order chi connectivity index (χ1) is 7.72. The van der Waals surface area contributed by atoms with Crippen molar-refractivity contribution in [2.24, 2.45) is 5.92 Å². The standard InChI is InChI=1S/C12H24N2O2.ClH/c1-10-4-3-5-11(8-10)14-12(15)9-13-6-7-16-2;/h10-11,13H,3-9H2,1-2H3,(H,14,15);1H. The molecule has 1 saturated carbocycles. The molecule has 2 atom stereocenters. The van der Waals surface area contributed by atoms with Crippen LogP contribution in [0.2, 0.25) is 0 Å². The van der Waals surface area contributed by atoms with Gasteiger partial charge < -0.3 is 15.4 Å². The summed E-state index contributed by atoms with van der Waals surface area (Å²) in [4.78, 5) is 11.6. The minimum atomic E-state index is 0. The van der Waals surface area contributed by atoms with Crippen molar-refractivity contribution in [2.75, 3.05) is 26.8 Å². The quantitative estimate of drug-likeness (QED) is 0.712. The normalized spacial score (nSPS) is 23.9. The maximum Gasteiger partial charge on any atom is 0.234 e. The minimum Gasteiger partial charge on any atom is -0.383 e. The largest absolute Gasteiger partial charge is 0.383 e. The Morgan fingerprint density at radius 2 is 2.18 bits per heavy atom. The molecule has 4 nitrogen and oxygen atoms in total. The summed E-state index contributed by atoms with van der Waals surface area (Å²) >= 11 is 0. The number of halogens is 1. The smallest absolute Gasteiger partial charge is 0.234 e. The van der Waals surface area contributed by atoms with Crippen molar-refractivity contribution in [1.82, 2.24) is 10.6 Å². The number of amides is 1. The van der Waals surface area contributed by atoms with Gasteiger partial charge in [0.05, 0.1) is 13.2 Å². The Morgan fingerprint density at radius 3 is 2.82 bits per heavy atom. The molecule has 1 rings (SSSR count). The highest BCUT2D eigenvalue weighted by Crippen LogP contribution is 2.23. The lowest BCUT2D eigenvalue weighted by atomic mass is 9.87. The lowest BCUT2D eigenvalue weighted by Crippen LogP contribution is -2.42. The van der Waals surface area contributed by atoms with Crippen molar-refractivity contribution in [3.8, 4) is 0 Å². The zero-order chi connectivity index (χ0) is 11.8. The monoisotopic (exact) mass is 264 g/mol. The Kier molecular flexibility index (Phi) is 9.50. The molecule has 1 amide bonds. The van der Waals surface area contributed by atoms with Crippen LogP contribution in [0.4, 0.5) is 0 Å². The van der Waals surface area contributed by atoms with Gasteiger partial charge in [-0.2, -0.15) is 0 Å². The van der Waals surface area contributed by atoms with E-state index in [1.807, 2.05) is 0 Å². The first-order valence-electron chi connectivity index (χ1n) is 6.21. The number of hydrogen-bond donors (Lipinski definition) is 2. The predicted octanol–water partition coefficient (Wildman–Crippen LogP) is 1.34. The van der Waals surface area contributed by atoms with E-state index in [1.165, 1.54) is 12.8 Å². The zero-order valence-corrected chi connectivity index (χ0v) is 11.6. The molecule has 2 N–H and O–H groups in total. The molecular weight excluding hydrogens is 240 g/mol. The molecule has 1 aliphatic rings. The highest BCUT2D eigenvalue weighted by molar-refractivity contribution is 5.85. The van der Waals surface area contributed by atoms with E-state index in [0.29, 0.717) is 19.2 Å². The van der Waals surface area contributed by atoms with Crippen molar-refractivity contribution in [3.63, 3.8) is 0 Å². The Hall–Kier alpha value is -0.320. The number of hydrogen-bond acceptors (Lipinski definition) is 3. The molecule has 17 heavy (non-hydrogen) atoms. The Labute approximate surface area is 110 Å². The second-order valence-electron chi connectivity index (χ2n) is 4.71. The van der Waals surface area contributed by atoms with Gasteiger partial charge in [-0.25, -0.2) is 0 Å². The lowest BCUT2D eigenvalue weighted by Gasteiger charge is -2.27. The van der Waals surface area contributed by atoms with E-state index < -0.39 is 0 Å². The third-order valence-electron chi connectivity index (χ3n) is 3.07. The second-order valence-corrected chi connectivity index (χ2v) is 4.71. The summed E-state index contributed by atoms with van der Waals surface area (Å²) in [5.74, 6) is 0.857. The van der Waals surface area contributed by atoms with Crippen molar-refractivity contribution in [1.29, 1.82) is 0 Å². The molecule has 0 heterocycles. The van der Waals surface area contributed by atoms with E-state index in [0.717, 1.165) is 25.3 Å². The van der Waals surface area contributed by atoms with Gasteiger partial charge in [-0.3, -0.25) is 4.79 Å². The van der Waals surface area contributed by atoms with Gasteiger partial charge in [0.15, 0.2) is 0 Å². The van der Waals surface area contributed by atoms with E-state index in [-0.39, 0.29) is 18.3 Å². The molecule has 1 aliphatic carbocycles. The van der Waals surface area contributed by atoms with Gasteiger partial charge >= 0.3 is 0 Å². The number of rotatable bonds is 6. The number of carbonyl (C=O) groups excluding carboxylic acids is 1. The third-order valence-corrected chi connectivity index (χ3v) is 3.07. The summed E-state index contributed by atoms with van der Waals surface area (Å²) in [5.41, 5.74) is 0. The van der Waals surface area contributed by atoms with E-state index in [1.54, 1.807) is 7.11 Å². The van der Waals surface area contributed by atoms with Crippen molar-refractivity contribution < 1.29 is 9.53 Å². The molecule has 0 spiro atoms. The Bertz CT molecular complexity index is 215. The molecule has 102 valence electrons. The van der Waals surface area contributed by atoms with Gasteiger partial charge in [0, 0.05) is 19.7 Å². The summed E-state index contributed by atoms with van der Waals surface area (Å²) in [6.07, 6.45) is 4.81. The number of nitrogens with one attached hydrogen (secondary N) is 2. The molecule has 5 heteroatoms. The number of ether oxygens (including phenoxy) is 1. The molecule has 0 aliphatic heterocycles. The van der Waals surface area contributed by atoms with Crippen LogP contribution in [-0.2, 0) is 9.53 Å². The maximum absolute atomic E-state index is 11.6. The summed E-state index contributed by atoms with van der Waals surface area (Å²) in [7, 11) is 1.66. The van der Waals surface area contributed by atoms with Gasteiger partial charge in [0.1, 0.15) is 0 Å².